The normalized spacial score (nSPS) is 11.9. The van der Waals surface area contributed by atoms with Gasteiger partial charge < -0.3 is 26.5 Å². The predicted molar refractivity (Wildman–Crippen MR) is 83.6 cm³/mol. The number of carboxylic acid groups (broad SMARTS) is 1. The monoisotopic (exact) mass is 318 g/mol. The number of carbonyl (C=O) groups is 3. The van der Waals surface area contributed by atoms with Gasteiger partial charge in [0.25, 0.3) is 0 Å². The Hall–Kier alpha value is -2.87. The summed E-state index contributed by atoms with van der Waals surface area (Å²) in [6, 6.07) is 6.87. The van der Waals surface area contributed by atoms with Gasteiger partial charge in [0.15, 0.2) is 0 Å². The average Bonchev–Trinajstić information content (AvgIpc) is 2.93. The van der Waals surface area contributed by atoms with E-state index in [9.17, 15) is 14.4 Å². The number of carboxylic acids is 1. The van der Waals surface area contributed by atoms with E-state index in [0.29, 0.717) is 6.42 Å². The van der Waals surface area contributed by atoms with Crippen molar-refractivity contribution < 1.29 is 19.5 Å². The van der Waals surface area contributed by atoms with Crippen LogP contribution in [0.25, 0.3) is 10.9 Å². The molecule has 6 N–H and O–H groups in total. The van der Waals surface area contributed by atoms with Crippen LogP contribution in [-0.2, 0) is 20.8 Å². The van der Waals surface area contributed by atoms with Crippen molar-refractivity contribution in [2.24, 2.45) is 5.73 Å². The van der Waals surface area contributed by atoms with Crippen LogP contribution in [0.1, 0.15) is 5.56 Å². The number of amides is 2. The van der Waals surface area contributed by atoms with Crippen molar-refractivity contribution in [1.29, 1.82) is 0 Å². The Balaban J connectivity index is 1.85. The Morgan fingerprint density at radius 2 is 1.91 bits per heavy atom. The van der Waals surface area contributed by atoms with Crippen LogP contribution in [-0.4, -0.2) is 47.0 Å². The van der Waals surface area contributed by atoms with Crippen LogP contribution >= 0.6 is 0 Å². The van der Waals surface area contributed by atoms with Crippen molar-refractivity contribution >= 4 is 28.7 Å². The Morgan fingerprint density at radius 3 is 2.65 bits per heavy atom. The maximum absolute atomic E-state index is 11.9. The SMILES string of the molecule is N[C@@H](Cc1c[nH]c2ccccc12)C(=O)NCC(=O)NCC(=O)O. The number of aromatic amines is 1. The van der Waals surface area contributed by atoms with Crippen molar-refractivity contribution in [3.8, 4) is 0 Å². The molecule has 0 bridgehead atoms. The Kier molecular flexibility index (Phi) is 5.32. The fourth-order valence-corrected chi connectivity index (χ4v) is 2.17. The number of fused-ring (bicyclic) bond motifs is 1. The molecule has 2 amide bonds. The lowest BCUT2D eigenvalue weighted by atomic mass is 10.1. The van der Waals surface area contributed by atoms with Gasteiger partial charge in [-0.3, -0.25) is 14.4 Å². The molecule has 0 fully saturated rings. The maximum atomic E-state index is 11.9. The number of nitrogens with one attached hydrogen (secondary N) is 3. The van der Waals surface area contributed by atoms with E-state index in [1.165, 1.54) is 0 Å². The number of rotatable bonds is 7. The Labute approximate surface area is 132 Å². The van der Waals surface area contributed by atoms with E-state index < -0.39 is 30.4 Å². The minimum Gasteiger partial charge on any atom is -0.480 e. The van der Waals surface area contributed by atoms with Crippen LogP contribution in [0.5, 0.6) is 0 Å². The van der Waals surface area contributed by atoms with Crippen LogP contribution in [0.2, 0.25) is 0 Å². The number of benzene rings is 1. The second kappa shape index (κ2) is 7.41. The molecule has 122 valence electrons. The topological polar surface area (TPSA) is 137 Å². The first-order chi connectivity index (χ1) is 11.0. The zero-order valence-corrected chi connectivity index (χ0v) is 12.3. The van der Waals surface area contributed by atoms with E-state index in [1.54, 1.807) is 6.20 Å². The predicted octanol–water partition coefficient (Wildman–Crippen LogP) is -0.645. The van der Waals surface area contributed by atoms with E-state index in [4.69, 9.17) is 10.8 Å². The van der Waals surface area contributed by atoms with Crippen molar-refractivity contribution in [3.63, 3.8) is 0 Å². The van der Waals surface area contributed by atoms with Crippen LogP contribution in [0.4, 0.5) is 0 Å². The number of aliphatic carboxylic acids is 1. The molecule has 8 nitrogen and oxygen atoms in total. The summed E-state index contributed by atoms with van der Waals surface area (Å²) in [6.45, 7) is -0.802. The lowest BCUT2D eigenvalue weighted by Crippen LogP contribution is -2.46. The van der Waals surface area contributed by atoms with Gasteiger partial charge in [-0.1, -0.05) is 18.2 Å². The number of carbonyl (C=O) groups excluding carboxylic acids is 2. The molecule has 0 aliphatic carbocycles. The van der Waals surface area contributed by atoms with Gasteiger partial charge in [-0.25, -0.2) is 0 Å². The Bertz CT molecular complexity index is 725. The number of hydrogen-bond donors (Lipinski definition) is 5. The summed E-state index contributed by atoms with van der Waals surface area (Å²) < 4.78 is 0. The molecule has 0 aliphatic rings. The third-order valence-electron chi connectivity index (χ3n) is 3.31. The fraction of sp³-hybridized carbons (Fsp3) is 0.267. The molecule has 0 saturated heterocycles. The number of H-pyrrole nitrogens is 1. The highest BCUT2D eigenvalue weighted by Gasteiger charge is 2.17. The van der Waals surface area contributed by atoms with E-state index in [1.807, 2.05) is 24.3 Å². The van der Waals surface area contributed by atoms with Crippen LogP contribution in [0.3, 0.4) is 0 Å². The van der Waals surface area contributed by atoms with Gasteiger partial charge in [-0.2, -0.15) is 0 Å². The highest BCUT2D eigenvalue weighted by atomic mass is 16.4. The summed E-state index contributed by atoms with van der Waals surface area (Å²) in [7, 11) is 0. The summed E-state index contributed by atoms with van der Waals surface area (Å²) in [4.78, 5) is 36.6. The Morgan fingerprint density at radius 1 is 1.17 bits per heavy atom. The van der Waals surface area contributed by atoms with Gasteiger partial charge in [-0.15, -0.1) is 0 Å². The van der Waals surface area contributed by atoms with E-state index in [0.717, 1.165) is 16.5 Å². The van der Waals surface area contributed by atoms with Crippen molar-refractivity contribution in [1.82, 2.24) is 15.6 Å². The third-order valence-corrected chi connectivity index (χ3v) is 3.31. The zero-order valence-electron chi connectivity index (χ0n) is 12.3. The molecule has 23 heavy (non-hydrogen) atoms. The molecular formula is C15H18N4O4. The molecule has 2 aromatic rings. The standard InChI is InChI=1S/C15H18N4O4/c16-11(15(23)19-7-13(20)18-8-14(21)22)5-9-6-17-12-4-2-1-3-10(9)12/h1-4,6,11,17H,5,7-8,16H2,(H,18,20)(H,19,23)(H,21,22)/t11-/m0/s1. The zero-order chi connectivity index (χ0) is 16.8. The third kappa shape index (κ3) is 4.55. The molecule has 8 heteroatoms. The highest BCUT2D eigenvalue weighted by Crippen LogP contribution is 2.18. The first kappa shape index (κ1) is 16.5. The lowest BCUT2D eigenvalue weighted by Gasteiger charge is -2.11. The van der Waals surface area contributed by atoms with E-state index in [2.05, 4.69) is 15.6 Å². The van der Waals surface area contributed by atoms with Crippen molar-refractivity contribution in [2.45, 2.75) is 12.5 Å². The van der Waals surface area contributed by atoms with E-state index in [-0.39, 0.29) is 6.54 Å². The van der Waals surface area contributed by atoms with Crippen molar-refractivity contribution in [2.75, 3.05) is 13.1 Å². The van der Waals surface area contributed by atoms with Gasteiger partial charge >= 0.3 is 5.97 Å². The van der Waals surface area contributed by atoms with Crippen LogP contribution in [0, 0.1) is 0 Å². The summed E-state index contributed by atoms with van der Waals surface area (Å²) in [5, 5.41) is 14.0. The number of aromatic nitrogens is 1. The second-order valence-electron chi connectivity index (χ2n) is 5.06. The molecule has 0 aliphatic heterocycles. The van der Waals surface area contributed by atoms with Crippen LogP contribution in [0.15, 0.2) is 30.5 Å². The molecule has 1 atom stereocenters. The van der Waals surface area contributed by atoms with E-state index >= 15 is 0 Å². The quantitative estimate of drug-likeness (QED) is 0.462. The summed E-state index contributed by atoms with van der Waals surface area (Å²) in [5.41, 5.74) is 7.73. The first-order valence-electron chi connectivity index (χ1n) is 7.04. The number of nitrogens with two attached hydrogens (primary N) is 1. The molecule has 0 radical (unpaired) electrons. The average molecular weight is 318 g/mol. The van der Waals surface area contributed by atoms with Gasteiger partial charge in [0.2, 0.25) is 11.8 Å². The summed E-state index contributed by atoms with van der Waals surface area (Å²) in [6.07, 6.45) is 2.13. The van der Waals surface area contributed by atoms with Crippen molar-refractivity contribution in [3.05, 3.63) is 36.0 Å². The largest absolute Gasteiger partial charge is 0.480 e. The number of para-hydroxylation sites is 1. The smallest absolute Gasteiger partial charge is 0.322 e. The minimum absolute atomic E-state index is 0.312. The minimum atomic E-state index is -1.15. The molecule has 1 aromatic heterocycles. The van der Waals surface area contributed by atoms with Gasteiger partial charge in [0.1, 0.15) is 6.54 Å². The molecule has 2 rings (SSSR count). The molecule has 1 aromatic carbocycles. The van der Waals surface area contributed by atoms with Crippen LogP contribution < -0.4 is 16.4 Å². The summed E-state index contributed by atoms with van der Waals surface area (Å²) >= 11 is 0. The fourth-order valence-electron chi connectivity index (χ4n) is 2.17. The summed E-state index contributed by atoms with van der Waals surface area (Å²) in [5.74, 6) is -2.21. The second-order valence-corrected chi connectivity index (χ2v) is 5.06. The van der Waals surface area contributed by atoms with Gasteiger partial charge in [-0.05, 0) is 18.1 Å². The van der Waals surface area contributed by atoms with Gasteiger partial charge in [0.05, 0.1) is 12.6 Å². The van der Waals surface area contributed by atoms with Gasteiger partial charge in [0, 0.05) is 17.1 Å². The highest BCUT2D eigenvalue weighted by molar-refractivity contribution is 5.89. The lowest BCUT2D eigenvalue weighted by molar-refractivity contribution is -0.137. The molecule has 0 unspecified atom stereocenters. The molecular weight excluding hydrogens is 300 g/mol. The molecule has 1 heterocycles. The first-order valence-corrected chi connectivity index (χ1v) is 7.04. The molecule has 0 saturated carbocycles. The molecule has 0 spiro atoms. The number of hydrogen-bond acceptors (Lipinski definition) is 4. The maximum Gasteiger partial charge on any atom is 0.322 e.